The first-order valence-corrected chi connectivity index (χ1v) is 4.50. The third-order valence-electron chi connectivity index (χ3n) is 1.88. The van der Waals surface area contributed by atoms with Crippen LogP contribution in [-0.2, 0) is 11.3 Å². The molecular weight excluding hydrogens is 218 g/mol. The van der Waals surface area contributed by atoms with E-state index in [2.05, 4.69) is 5.10 Å². The minimum Gasteiger partial charge on any atom is -0.476 e. The van der Waals surface area contributed by atoms with Crippen molar-refractivity contribution in [3.8, 4) is 0 Å². The number of aryl methyl sites for hydroxylation is 1. The fourth-order valence-electron chi connectivity index (χ4n) is 1.18. The van der Waals surface area contributed by atoms with Gasteiger partial charge >= 0.3 is 11.7 Å². The molecule has 0 fully saturated rings. The number of hydrogen-bond acceptors (Lipinski definition) is 5. The largest absolute Gasteiger partial charge is 0.476 e. The minimum absolute atomic E-state index is 0.377. The van der Waals surface area contributed by atoms with Crippen LogP contribution in [0, 0.1) is 10.1 Å². The number of nitrogens with zero attached hydrogens (tertiary/aromatic N) is 3. The zero-order valence-electron chi connectivity index (χ0n) is 8.62. The lowest BCUT2D eigenvalue weighted by Crippen LogP contribution is -2.05. The van der Waals surface area contributed by atoms with Gasteiger partial charge in [0.25, 0.3) is 0 Å². The molecule has 0 aliphatic carbocycles. The molecule has 1 aromatic rings. The van der Waals surface area contributed by atoms with Crippen LogP contribution in [0.2, 0.25) is 0 Å². The second-order valence-corrected chi connectivity index (χ2v) is 3.03. The molecule has 0 spiro atoms. The van der Waals surface area contributed by atoms with Crippen LogP contribution in [-0.4, -0.2) is 39.5 Å². The minimum atomic E-state index is -1.41. The molecule has 0 atom stereocenters. The lowest BCUT2D eigenvalue weighted by molar-refractivity contribution is -0.385. The zero-order valence-corrected chi connectivity index (χ0v) is 8.62. The first kappa shape index (κ1) is 12.1. The monoisotopic (exact) mass is 229 g/mol. The molecule has 88 valence electrons. The number of carboxylic acids is 1. The maximum Gasteiger partial charge on any atom is 0.363 e. The summed E-state index contributed by atoms with van der Waals surface area (Å²) in [6, 6.07) is 0. The van der Waals surface area contributed by atoms with Gasteiger partial charge in [-0.3, -0.25) is 14.8 Å². The summed E-state index contributed by atoms with van der Waals surface area (Å²) in [5, 5.41) is 22.9. The first-order chi connectivity index (χ1) is 7.56. The summed E-state index contributed by atoms with van der Waals surface area (Å²) in [6.07, 6.45) is 1.72. The lowest BCUT2D eigenvalue weighted by Gasteiger charge is -1.98. The molecule has 0 aliphatic heterocycles. The highest BCUT2D eigenvalue weighted by molar-refractivity contribution is 5.89. The van der Waals surface area contributed by atoms with Crippen LogP contribution in [0.25, 0.3) is 0 Å². The number of rotatable bonds is 6. The molecule has 1 N–H and O–H groups in total. The van der Waals surface area contributed by atoms with E-state index in [1.807, 2.05) is 0 Å². The number of aromatic nitrogens is 2. The molecule has 0 aliphatic rings. The molecule has 0 saturated heterocycles. The van der Waals surface area contributed by atoms with Gasteiger partial charge in [0.1, 0.15) is 6.20 Å². The molecule has 0 saturated carbocycles. The molecule has 0 aromatic carbocycles. The van der Waals surface area contributed by atoms with Crippen molar-refractivity contribution in [2.24, 2.45) is 0 Å². The van der Waals surface area contributed by atoms with E-state index in [4.69, 9.17) is 9.84 Å². The van der Waals surface area contributed by atoms with Crippen molar-refractivity contribution in [2.45, 2.75) is 13.0 Å². The molecule has 1 aromatic heterocycles. The van der Waals surface area contributed by atoms with E-state index in [0.29, 0.717) is 19.6 Å². The number of hydrogen-bond donors (Lipinski definition) is 1. The first-order valence-electron chi connectivity index (χ1n) is 4.50. The van der Waals surface area contributed by atoms with Crippen LogP contribution >= 0.6 is 0 Å². The molecule has 0 radical (unpaired) electrons. The molecule has 8 nitrogen and oxygen atoms in total. The highest BCUT2D eigenvalue weighted by Crippen LogP contribution is 2.16. The van der Waals surface area contributed by atoms with E-state index >= 15 is 0 Å². The van der Waals surface area contributed by atoms with Crippen LogP contribution in [0.4, 0.5) is 5.69 Å². The second-order valence-electron chi connectivity index (χ2n) is 3.03. The highest BCUT2D eigenvalue weighted by Gasteiger charge is 2.24. The van der Waals surface area contributed by atoms with Gasteiger partial charge in [-0.05, 0) is 6.42 Å². The third kappa shape index (κ3) is 2.76. The Kier molecular flexibility index (Phi) is 3.95. The van der Waals surface area contributed by atoms with Crippen molar-refractivity contribution in [3.63, 3.8) is 0 Å². The van der Waals surface area contributed by atoms with Crippen molar-refractivity contribution in [1.29, 1.82) is 0 Å². The molecule has 16 heavy (non-hydrogen) atoms. The molecule has 8 heteroatoms. The van der Waals surface area contributed by atoms with Gasteiger partial charge < -0.3 is 9.84 Å². The Labute approximate surface area is 90.6 Å². The van der Waals surface area contributed by atoms with E-state index in [9.17, 15) is 14.9 Å². The van der Waals surface area contributed by atoms with Gasteiger partial charge in [-0.1, -0.05) is 0 Å². The number of carboxylic acid groups (broad SMARTS) is 1. The van der Waals surface area contributed by atoms with Gasteiger partial charge in [0.05, 0.1) is 4.92 Å². The van der Waals surface area contributed by atoms with E-state index in [0.717, 1.165) is 6.20 Å². The number of ether oxygens (including phenoxy) is 1. The van der Waals surface area contributed by atoms with Gasteiger partial charge in [-0.15, -0.1) is 0 Å². The van der Waals surface area contributed by atoms with Crippen LogP contribution in [0.5, 0.6) is 0 Å². The number of carbonyl (C=O) groups is 1. The van der Waals surface area contributed by atoms with Crippen LogP contribution < -0.4 is 0 Å². The molecule has 0 bridgehead atoms. The van der Waals surface area contributed by atoms with Gasteiger partial charge in [-0.25, -0.2) is 4.79 Å². The van der Waals surface area contributed by atoms with Crippen LogP contribution in [0.3, 0.4) is 0 Å². The smallest absolute Gasteiger partial charge is 0.363 e. The normalized spacial score (nSPS) is 10.3. The number of methoxy groups -OCH3 is 1. The lowest BCUT2D eigenvalue weighted by atomic mass is 10.4. The van der Waals surface area contributed by atoms with Gasteiger partial charge in [-0.2, -0.15) is 5.10 Å². The zero-order chi connectivity index (χ0) is 12.1. The summed E-state index contributed by atoms with van der Waals surface area (Å²) in [7, 11) is 1.54. The summed E-state index contributed by atoms with van der Waals surface area (Å²) in [5.74, 6) is -1.41. The van der Waals surface area contributed by atoms with Crippen molar-refractivity contribution >= 4 is 11.7 Å². The predicted octanol–water partition coefficient (Wildman–Crippen LogP) is 0.526. The summed E-state index contributed by atoms with van der Waals surface area (Å²) in [5.41, 5.74) is -1.03. The van der Waals surface area contributed by atoms with Crippen LogP contribution in [0.15, 0.2) is 6.20 Å². The van der Waals surface area contributed by atoms with Crippen LogP contribution in [0.1, 0.15) is 16.9 Å². The van der Waals surface area contributed by atoms with Crippen molar-refractivity contribution in [1.82, 2.24) is 9.78 Å². The average Bonchev–Trinajstić information content (AvgIpc) is 2.62. The van der Waals surface area contributed by atoms with Gasteiger partial charge in [0.15, 0.2) is 0 Å². The standard InChI is InChI=1S/C8H11N3O5/c1-16-4-2-3-10-5-6(11(14)15)7(9-10)8(12)13/h5H,2-4H2,1H3,(H,12,13). The number of nitro groups is 1. The Hall–Kier alpha value is -1.96. The maximum atomic E-state index is 10.7. The van der Waals surface area contributed by atoms with Gasteiger partial charge in [0.2, 0.25) is 5.69 Å². The summed E-state index contributed by atoms with van der Waals surface area (Å²) in [4.78, 5) is 20.4. The second kappa shape index (κ2) is 5.21. The average molecular weight is 229 g/mol. The Morgan fingerprint density at radius 1 is 1.75 bits per heavy atom. The topological polar surface area (TPSA) is 107 Å². The van der Waals surface area contributed by atoms with E-state index < -0.39 is 22.3 Å². The summed E-state index contributed by atoms with van der Waals surface area (Å²) < 4.78 is 6.04. The molecular formula is C8H11N3O5. The van der Waals surface area contributed by atoms with E-state index in [1.165, 1.54) is 11.8 Å². The Bertz CT molecular complexity index is 369. The summed E-state index contributed by atoms with van der Waals surface area (Å²) >= 11 is 0. The molecule has 0 amide bonds. The van der Waals surface area contributed by atoms with Crippen molar-refractivity contribution in [2.75, 3.05) is 13.7 Å². The molecule has 1 rings (SSSR count). The van der Waals surface area contributed by atoms with E-state index in [1.54, 1.807) is 0 Å². The fraction of sp³-hybridized carbons (Fsp3) is 0.500. The van der Waals surface area contributed by atoms with Gasteiger partial charge in [0, 0.05) is 20.3 Å². The van der Waals surface area contributed by atoms with Crippen molar-refractivity contribution < 1.29 is 19.6 Å². The fourth-order valence-corrected chi connectivity index (χ4v) is 1.18. The number of aromatic carboxylic acids is 1. The van der Waals surface area contributed by atoms with Crippen molar-refractivity contribution in [3.05, 3.63) is 22.0 Å². The Morgan fingerprint density at radius 2 is 2.44 bits per heavy atom. The molecule has 1 heterocycles. The Morgan fingerprint density at radius 3 is 2.88 bits per heavy atom. The Balaban J connectivity index is 2.84. The van der Waals surface area contributed by atoms with E-state index in [-0.39, 0.29) is 0 Å². The predicted molar refractivity (Wildman–Crippen MR) is 52.3 cm³/mol. The maximum absolute atomic E-state index is 10.7. The molecule has 0 unspecified atom stereocenters. The SMILES string of the molecule is COCCCn1cc([N+](=O)[O-])c(C(=O)O)n1. The highest BCUT2D eigenvalue weighted by atomic mass is 16.6. The summed E-state index contributed by atoms with van der Waals surface area (Å²) in [6.45, 7) is 0.859. The third-order valence-corrected chi connectivity index (χ3v) is 1.88. The quantitative estimate of drug-likeness (QED) is 0.433.